The molecule has 1 aromatic heterocycles. The second-order valence-electron chi connectivity index (χ2n) is 3.13. The standard InChI is InChI=1S/C8H12N2O3S/c1-6(11)8-4-3-7(10(8)2)5-14(9,12)13/h3-4H,5H2,1-2H3,(H2,9,12,13). The lowest BCUT2D eigenvalue weighted by Crippen LogP contribution is -2.17. The third-order valence-corrected chi connectivity index (χ3v) is 2.63. The molecule has 5 nitrogen and oxygen atoms in total. The minimum absolute atomic E-state index is 0.104. The van der Waals surface area contributed by atoms with E-state index in [2.05, 4.69) is 0 Å². The maximum absolute atomic E-state index is 11.0. The molecule has 0 atom stereocenters. The molecule has 0 saturated heterocycles. The van der Waals surface area contributed by atoms with Crippen LogP contribution in [-0.4, -0.2) is 18.8 Å². The molecule has 0 aromatic carbocycles. The summed E-state index contributed by atoms with van der Waals surface area (Å²) in [6.07, 6.45) is 0. The van der Waals surface area contributed by atoms with Crippen LogP contribution in [0.1, 0.15) is 23.1 Å². The number of hydrogen-bond donors (Lipinski definition) is 1. The van der Waals surface area contributed by atoms with Crippen molar-refractivity contribution in [2.45, 2.75) is 12.7 Å². The Balaban J connectivity index is 3.08. The number of primary sulfonamides is 1. The van der Waals surface area contributed by atoms with E-state index < -0.39 is 10.0 Å². The van der Waals surface area contributed by atoms with E-state index >= 15 is 0 Å². The van der Waals surface area contributed by atoms with Gasteiger partial charge in [0, 0.05) is 19.7 Å². The van der Waals surface area contributed by atoms with Gasteiger partial charge < -0.3 is 4.57 Å². The molecule has 0 spiro atoms. The van der Waals surface area contributed by atoms with Crippen LogP contribution in [0, 0.1) is 0 Å². The lowest BCUT2D eigenvalue weighted by atomic mass is 10.3. The number of rotatable bonds is 3. The molecule has 0 aliphatic heterocycles. The molecule has 1 rings (SSSR count). The normalized spacial score (nSPS) is 11.6. The van der Waals surface area contributed by atoms with E-state index in [1.807, 2.05) is 0 Å². The van der Waals surface area contributed by atoms with Crippen molar-refractivity contribution in [2.24, 2.45) is 12.2 Å². The van der Waals surface area contributed by atoms with Crippen LogP contribution in [0.4, 0.5) is 0 Å². The number of nitrogens with two attached hydrogens (primary N) is 1. The number of ketones is 1. The zero-order valence-corrected chi connectivity index (χ0v) is 8.84. The first-order chi connectivity index (χ1) is 6.31. The minimum Gasteiger partial charge on any atom is -0.344 e. The molecule has 0 aliphatic rings. The van der Waals surface area contributed by atoms with Crippen LogP contribution < -0.4 is 5.14 Å². The smallest absolute Gasteiger partial charge is 0.214 e. The summed E-state index contributed by atoms with van der Waals surface area (Å²) in [7, 11) is -1.91. The molecule has 0 saturated carbocycles. The monoisotopic (exact) mass is 216 g/mol. The van der Waals surface area contributed by atoms with E-state index in [1.165, 1.54) is 11.5 Å². The SMILES string of the molecule is CC(=O)c1ccc(CS(N)(=O)=O)n1C. The van der Waals surface area contributed by atoms with Gasteiger partial charge in [0.2, 0.25) is 10.0 Å². The van der Waals surface area contributed by atoms with Crippen LogP contribution in [0.15, 0.2) is 12.1 Å². The zero-order valence-electron chi connectivity index (χ0n) is 8.02. The van der Waals surface area contributed by atoms with Crippen LogP contribution in [0.3, 0.4) is 0 Å². The average Bonchev–Trinajstić information content (AvgIpc) is 2.29. The van der Waals surface area contributed by atoms with Gasteiger partial charge in [0.15, 0.2) is 5.78 Å². The molecule has 14 heavy (non-hydrogen) atoms. The second kappa shape index (κ2) is 3.55. The molecular formula is C8H12N2O3S. The average molecular weight is 216 g/mol. The van der Waals surface area contributed by atoms with Crippen LogP contribution in [0.25, 0.3) is 0 Å². The van der Waals surface area contributed by atoms with Gasteiger partial charge >= 0.3 is 0 Å². The van der Waals surface area contributed by atoms with E-state index in [4.69, 9.17) is 5.14 Å². The van der Waals surface area contributed by atoms with Crippen LogP contribution >= 0.6 is 0 Å². The fraction of sp³-hybridized carbons (Fsp3) is 0.375. The fourth-order valence-corrected chi connectivity index (χ4v) is 1.96. The number of sulfonamides is 1. The highest BCUT2D eigenvalue weighted by atomic mass is 32.2. The molecule has 0 radical (unpaired) electrons. The number of nitrogens with zero attached hydrogens (tertiary/aromatic N) is 1. The summed E-state index contributed by atoms with van der Waals surface area (Å²) < 4.78 is 23.2. The highest BCUT2D eigenvalue weighted by Gasteiger charge is 2.12. The summed E-state index contributed by atoms with van der Waals surface area (Å²) in [4.78, 5) is 11.0. The van der Waals surface area contributed by atoms with Crippen molar-refractivity contribution in [3.8, 4) is 0 Å². The Hall–Kier alpha value is -1.14. The van der Waals surface area contributed by atoms with Gasteiger partial charge in [-0.15, -0.1) is 0 Å². The summed E-state index contributed by atoms with van der Waals surface area (Å²) in [5.74, 6) is -0.357. The third-order valence-electron chi connectivity index (χ3n) is 1.94. The largest absolute Gasteiger partial charge is 0.344 e. The zero-order chi connectivity index (χ0) is 10.9. The fourth-order valence-electron chi connectivity index (χ4n) is 1.26. The van der Waals surface area contributed by atoms with Crippen molar-refractivity contribution >= 4 is 15.8 Å². The predicted octanol–water partition coefficient (Wildman–Crippen LogP) is 0.0162. The third kappa shape index (κ3) is 2.43. The van der Waals surface area contributed by atoms with Crippen molar-refractivity contribution in [1.82, 2.24) is 4.57 Å². The first kappa shape index (κ1) is 10.9. The summed E-state index contributed by atoms with van der Waals surface area (Å²) in [6.45, 7) is 1.43. The molecule has 0 aliphatic carbocycles. The van der Waals surface area contributed by atoms with Crippen molar-refractivity contribution < 1.29 is 13.2 Å². The van der Waals surface area contributed by atoms with Crippen molar-refractivity contribution in [2.75, 3.05) is 0 Å². The molecular weight excluding hydrogens is 204 g/mol. The van der Waals surface area contributed by atoms with E-state index in [0.717, 1.165) is 0 Å². The second-order valence-corrected chi connectivity index (χ2v) is 4.75. The van der Waals surface area contributed by atoms with Crippen molar-refractivity contribution in [3.63, 3.8) is 0 Å². The molecule has 0 bridgehead atoms. The van der Waals surface area contributed by atoms with E-state index in [1.54, 1.807) is 19.2 Å². The van der Waals surface area contributed by atoms with Gasteiger partial charge in [-0.1, -0.05) is 0 Å². The summed E-state index contributed by atoms with van der Waals surface area (Å²) >= 11 is 0. The van der Waals surface area contributed by atoms with E-state index in [0.29, 0.717) is 11.4 Å². The van der Waals surface area contributed by atoms with Gasteiger partial charge in [-0.3, -0.25) is 4.79 Å². The molecule has 0 fully saturated rings. The highest BCUT2D eigenvalue weighted by Crippen LogP contribution is 2.09. The topological polar surface area (TPSA) is 82.2 Å². The molecule has 0 amide bonds. The van der Waals surface area contributed by atoms with Gasteiger partial charge in [0.05, 0.1) is 5.69 Å². The molecule has 1 heterocycles. The van der Waals surface area contributed by atoms with Gasteiger partial charge in [0.1, 0.15) is 5.75 Å². The van der Waals surface area contributed by atoms with E-state index in [-0.39, 0.29) is 11.5 Å². The quantitative estimate of drug-likeness (QED) is 0.723. The Labute approximate surface area is 82.6 Å². The summed E-state index contributed by atoms with van der Waals surface area (Å²) in [6, 6.07) is 3.17. The lowest BCUT2D eigenvalue weighted by molar-refractivity contribution is 0.101. The lowest BCUT2D eigenvalue weighted by Gasteiger charge is -2.03. The number of hydrogen-bond acceptors (Lipinski definition) is 3. The molecule has 78 valence electrons. The first-order valence-electron chi connectivity index (χ1n) is 3.97. The Morgan fingerprint density at radius 3 is 2.43 bits per heavy atom. The predicted molar refractivity (Wildman–Crippen MR) is 52.2 cm³/mol. The summed E-state index contributed by atoms with van der Waals surface area (Å²) in [5.41, 5.74) is 0.987. The maximum atomic E-state index is 11.0. The van der Waals surface area contributed by atoms with Gasteiger partial charge in [-0.05, 0) is 12.1 Å². The molecule has 1 aromatic rings. The van der Waals surface area contributed by atoms with Crippen molar-refractivity contribution in [1.29, 1.82) is 0 Å². The molecule has 2 N–H and O–H groups in total. The highest BCUT2D eigenvalue weighted by molar-refractivity contribution is 7.88. The minimum atomic E-state index is -3.54. The maximum Gasteiger partial charge on any atom is 0.214 e. The summed E-state index contributed by atoms with van der Waals surface area (Å²) in [5, 5.41) is 4.90. The Morgan fingerprint density at radius 1 is 1.50 bits per heavy atom. The van der Waals surface area contributed by atoms with Gasteiger partial charge in [-0.25, -0.2) is 13.6 Å². The van der Waals surface area contributed by atoms with E-state index in [9.17, 15) is 13.2 Å². The Bertz CT molecular complexity index is 459. The van der Waals surface area contributed by atoms with Crippen molar-refractivity contribution in [3.05, 3.63) is 23.5 Å². The molecule has 0 unspecified atom stereocenters. The first-order valence-corrected chi connectivity index (χ1v) is 5.69. The molecule has 6 heteroatoms. The number of carbonyl (C=O) groups is 1. The number of carbonyl (C=O) groups excluding carboxylic acids is 1. The Kier molecular flexibility index (Phi) is 2.77. The van der Waals surface area contributed by atoms with Crippen LogP contribution in [0.2, 0.25) is 0 Å². The van der Waals surface area contributed by atoms with Gasteiger partial charge in [-0.2, -0.15) is 0 Å². The van der Waals surface area contributed by atoms with Crippen LogP contribution in [-0.2, 0) is 22.8 Å². The van der Waals surface area contributed by atoms with Gasteiger partial charge in [0.25, 0.3) is 0 Å². The number of Topliss-reactive ketones (excluding diaryl/α,β-unsaturated/α-hetero) is 1. The number of aromatic nitrogens is 1. The Morgan fingerprint density at radius 2 is 2.07 bits per heavy atom. The van der Waals surface area contributed by atoms with Crippen LogP contribution in [0.5, 0.6) is 0 Å².